The number of tetrazole rings is 1. The highest BCUT2D eigenvalue weighted by atomic mass is 32.2. The minimum Gasteiger partial charge on any atom is -0.496 e. The predicted octanol–water partition coefficient (Wildman–Crippen LogP) is 4.40. The Hall–Kier alpha value is -5.77. The van der Waals surface area contributed by atoms with E-state index >= 15 is 0 Å². The molecule has 0 radical (unpaired) electrons. The summed E-state index contributed by atoms with van der Waals surface area (Å²) in [7, 11) is -2.67. The first-order valence-electron chi connectivity index (χ1n) is 16.0. The number of carbonyl (C=O) groups is 3. The van der Waals surface area contributed by atoms with Crippen molar-refractivity contribution >= 4 is 44.6 Å². The molecule has 16 heteroatoms. The van der Waals surface area contributed by atoms with E-state index in [9.17, 15) is 22.8 Å². The summed E-state index contributed by atoms with van der Waals surface area (Å²) in [6, 6.07) is 15.8. The molecule has 1 aliphatic rings. The van der Waals surface area contributed by atoms with Crippen molar-refractivity contribution in [2.45, 2.75) is 56.6 Å². The van der Waals surface area contributed by atoms with Crippen LogP contribution >= 0.6 is 0 Å². The normalized spacial score (nSPS) is 13.2. The molecule has 0 unspecified atom stereocenters. The lowest BCUT2D eigenvalue weighted by atomic mass is 10.0. The topological polar surface area (TPSA) is 188 Å². The number of nitrogens with one attached hydrogen (secondary N) is 3. The minimum atomic E-state index is -4.12. The van der Waals surface area contributed by atoms with Crippen LogP contribution in [0.15, 0.2) is 78.1 Å². The molecule has 0 bridgehead atoms. The average Bonchev–Trinajstić information content (AvgIpc) is 3.87. The van der Waals surface area contributed by atoms with Crippen LogP contribution < -0.4 is 20.1 Å². The van der Waals surface area contributed by atoms with Crippen LogP contribution in [0.5, 0.6) is 5.75 Å². The summed E-state index contributed by atoms with van der Waals surface area (Å²) >= 11 is 0. The Morgan fingerprint density at radius 1 is 1.00 bits per heavy atom. The van der Waals surface area contributed by atoms with Gasteiger partial charge in [0.15, 0.2) is 6.33 Å². The van der Waals surface area contributed by atoms with Crippen LogP contribution in [0.4, 0.5) is 15.3 Å². The lowest BCUT2D eigenvalue weighted by Gasteiger charge is -2.13. The quantitative estimate of drug-likeness (QED) is 0.178. The van der Waals surface area contributed by atoms with E-state index in [1.165, 1.54) is 41.0 Å². The molecule has 0 aliphatic heterocycles. The number of fused-ring (bicyclic) bond motifs is 1. The summed E-state index contributed by atoms with van der Waals surface area (Å²) in [5, 5.41) is 17.8. The third-order valence-corrected chi connectivity index (χ3v) is 9.94. The Bertz CT molecular complexity index is 2140. The average molecular weight is 701 g/mol. The molecule has 0 atom stereocenters. The van der Waals surface area contributed by atoms with Crippen molar-refractivity contribution in [3.8, 4) is 5.75 Å². The molecule has 2 aromatic heterocycles. The fraction of sp³-hybridized carbons (Fsp3) is 0.294. The second kappa shape index (κ2) is 14.8. The summed E-state index contributed by atoms with van der Waals surface area (Å²) in [5.41, 5.74) is 3.05. The maximum Gasteiger partial charge on any atom is 0.411 e. The number of benzene rings is 3. The van der Waals surface area contributed by atoms with Crippen molar-refractivity contribution in [2.75, 3.05) is 19.0 Å². The summed E-state index contributed by atoms with van der Waals surface area (Å²) in [5.74, 6) is -0.473. The number of hydrogen-bond donors (Lipinski definition) is 3. The molecule has 2 heterocycles. The van der Waals surface area contributed by atoms with Gasteiger partial charge in [-0.15, -0.1) is 10.2 Å². The van der Waals surface area contributed by atoms with Crippen molar-refractivity contribution in [1.82, 2.24) is 34.8 Å². The summed E-state index contributed by atoms with van der Waals surface area (Å²) < 4.78 is 40.7. The molecule has 3 amide bonds. The molecule has 0 saturated heterocycles. The summed E-state index contributed by atoms with van der Waals surface area (Å²) in [4.78, 5) is 40.5. The number of anilines is 1. The highest BCUT2D eigenvalue weighted by molar-refractivity contribution is 7.90. The standard InChI is InChI=1S/C34H36N8O7S/c1-22-7-3-6-10-31(22)50(46,47)39-32(43)24-12-11-23(30(18-24)48-2)17-25-20-41(33(44)35-15-16-42-37-21-36-40-42)29-14-13-26(19-28(25)29)38-34(45)49-27-8-4-5-9-27/h3,6-7,10-14,18-21,27H,4-5,8-9,15-17H2,1-2H3,(H,35,44)(H,38,45)(H,39,43). The molecular weight excluding hydrogens is 664 g/mol. The molecule has 6 rings (SSSR count). The van der Waals surface area contributed by atoms with Gasteiger partial charge in [-0.1, -0.05) is 24.3 Å². The van der Waals surface area contributed by atoms with E-state index in [1.807, 2.05) is 0 Å². The molecule has 50 heavy (non-hydrogen) atoms. The van der Waals surface area contributed by atoms with Gasteiger partial charge >= 0.3 is 12.1 Å². The van der Waals surface area contributed by atoms with Crippen molar-refractivity contribution in [1.29, 1.82) is 0 Å². The zero-order chi connectivity index (χ0) is 35.3. The van der Waals surface area contributed by atoms with E-state index < -0.39 is 28.1 Å². The number of carbonyl (C=O) groups excluding carboxylic acids is 3. The molecule has 3 N–H and O–H groups in total. The third kappa shape index (κ3) is 7.75. The van der Waals surface area contributed by atoms with Gasteiger partial charge in [0.05, 0.1) is 24.1 Å². The molecule has 260 valence electrons. The van der Waals surface area contributed by atoms with Crippen molar-refractivity contribution in [3.05, 3.63) is 95.4 Å². The Balaban J connectivity index is 1.26. The van der Waals surface area contributed by atoms with Crippen LogP contribution in [0.3, 0.4) is 0 Å². The van der Waals surface area contributed by atoms with Gasteiger partial charge in [0.25, 0.3) is 15.9 Å². The fourth-order valence-electron chi connectivity index (χ4n) is 5.96. The van der Waals surface area contributed by atoms with E-state index in [2.05, 4.69) is 30.8 Å². The van der Waals surface area contributed by atoms with Crippen molar-refractivity contribution in [2.24, 2.45) is 0 Å². The molecule has 1 fully saturated rings. The van der Waals surface area contributed by atoms with Gasteiger partial charge in [-0.3, -0.25) is 14.7 Å². The smallest absolute Gasteiger partial charge is 0.411 e. The van der Waals surface area contributed by atoms with E-state index in [0.29, 0.717) is 40.0 Å². The Morgan fingerprint density at radius 2 is 1.80 bits per heavy atom. The lowest BCUT2D eigenvalue weighted by molar-refractivity contribution is 0.0980. The second-order valence-electron chi connectivity index (χ2n) is 11.9. The summed E-state index contributed by atoms with van der Waals surface area (Å²) in [6.07, 6.45) is 6.36. The van der Waals surface area contributed by atoms with E-state index in [4.69, 9.17) is 9.47 Å². The van der Waals surface area contributed by atoms with Crippen molar-refractivity contribution in [3.63, 3.8) is 0 Å². The van der Waals surface area contributed by atoms with Crippen LogP contribution in [-0.4, -0.2) is 71.0 Å². The minimum absolute atomic E-state index is 0.00748. The van der Waals surface area contributed by atoms with Crippen LogP contribution in [0.25, 0.3) is 10.9 Å². The van der Waals surface area contributed by atoms with E-state index in [-0.39, 0.29) is 29.5 Å². The number of hydrogen-bond acceptors (Lipinski definition) is 10. The first kappa shape index (κ1) is 34.1. The molecule has 1 saturated carbocycles. The number of nitrogens with zero attached hydrogens (tertiary/aromatic N) is 5. The molecule has 3 aromatic carbocycles. The maximum atomic E-state index is 13.4. The molecule has 5 aromatic rings. The molecule has 0 spiro atoms. The SMILES string of the molecule is COc1cc(C(=O)NS(=O)(=O)c2ccccc2C)ccc1Cc1cn(C(=O)NCCn2ncnn2)c2ccc(NC(=O)OC3CCCC3)cc12. The van der Waals surface area contributed by atoms with Gasteiger partial charge in [-0.2, -0.15) is 4.80 Å². The van der Waals surface area contributed by atoms with E-state index in [1.54, 1.807) is 55.6 Å². The molecular formula is C34H36N8O7S. The first-order chi connectivity index (χ1) is 24.1. The van der Waals surface area contributed by atoms with Crippen LogP contribution in [-0.2, 0) is 27.7 Å². The molecule has 1 aliphatic carbocycles. The second-order valence-corrected chi connectivity index (χ2v) is 13.5. The van der Waals surface area contributed by atoms with Gasteiger partial charge in [-0.25, -0.2) is 22.7 Å². The first-order valence-corrected chi connectivity index (χ1v) is 17.5. The Labute approximate surface area is 288 Å². The van der Waals surface area contributed by atoms with Gasteiger partial charge in [0.1, 0.15) is 11.9 Å². The lowest BCUT2D eigenvalue weighted by Crippen LogP contribution is -2.31. The number of rotatable bonds is 11. The van der Waals surface area contributed by atoms with Gasteiger partial charge in [0.2, 0.25) is 0 Å². The Kier molecular flexibility index (Phi) is 10.1. The third-order valence-electron chi connectivity index (χ3n) is 8.45. The van der Waals surface area contributed by atoms with Crippen LogP contribution in [0.1, 0.15) is 52.7 Å². The number of aryl methyl sites for hydroxylation is 1. The van der Waals surface area contributed by atoms with Crippen molar-refractivity contribution < 1.29 is 32.3 Å². The van der Waals surface area contributed by atoms with Gasteiger partial charge in [0, 0.05) is 35.8 Å². The largest absolute Gasteiger partial charge is 0.496 e. The van der Waals surface area contributed by atoms with E-state index in [0.717, 1.165) is 31.2 Å². The Morgan fingerprint density at radius 3 is 2.54 bits per heavy atom. The van der Waals surface area contributed by atoms with Gasteiger partial charge in [-0.05, 0) is 90.9 Å². The van der Waals surface area contributed by atoms with Crippen LogP contribution in [0, 0.1) is 6.92 Å². The maximum absolute atomic E-state index is 13.4. The highest BCUT2D eigenvalue weighted by Gasteiger charge is 2.23. The highest BCUT2D eigenvalue weighted by Crippen LogP contribution is 2.31. The predicted molar refractivity (Wildman–Crippen MR) is 183 cm³/mol. The number of amides is 3. The zero-order valence-corrected chi connectivity index (χ0v) is 28.3. The fourth-order valence-corrected chi connectivity index (χ4v) is 7.18. The number of aromatic nitrogens is 5. The van der Waals surface area contributed by atoms with Crippen LogP contribution in [0.2, 0.25) is 0 Å². The van der Waals surface area contributed by atoms with Gasteiger partial charge < -0.3 is 14.8 Å². The zero-order valence-electron chi connectivity index (χ0n) is 27.5. The number of ether oxygens (including phenoxy) is 2. The monoisotopic (exact) mass is 700 g/mol. The number of sulfonamides is 1. The molecule has 15 nitrogen and oxygen atoms in total. The number of methoxy groups -OCH3 is 1. The summed E-state index contributed by atoms with van der Waals surface area (Å²) in [6.45, 7) is 2.21.